The summed E-state index contributed by atoms with van der Waals surface area (Å²) in [5.74, 6) is -7.57. The summed E-state index contributed by atoms with van der Waals surface area (Å²) in [4.78, 5) is 90.5. The van der Waals surface area contributed by atoms with Gasteiger partial charge in [-0.2, -0.15) is 15.0 Å². The molecule has 1 aromatic heterocycles. The van der Waals surface area contributed by atoms with Crippen LogP contribution < -0.4 is 16.0 Å². The molecule has 3 N–H and O–H groups in total. The number of nitrogens with zero attached hydrogens (tertiary/aromatic N) is 3. The van der Waals surface area contributed by atoms with E-state index in [1.807, 2.05) is 0 Å². The van der Waals surface area contributed by atoms with Crippen molar-refractivity contribution in [1.82, 2.24) is 15.0 Å². The molecule has 0 spiro atoms. The van der Waals surface area contributed by atoms with Crippen molar-refractivity contribution in [3.63, 3.8) is 0 Å². The molecule has 0 amide bonds. The maximum atomic E-state index is 12.8. The Morgan fingerprint density at radius 1 is 0.333 bits per heavy atom. The molecule has 72 heavy (non-hydrogen) atoms. The van der Waals surface area contributed by atoms with Crippen molar-refractivity contribution in [3.8, 4) is 0 Å². The van der Waals surface area contributed by atoms with Gasteiger partial charge in [-0.15, -0.1) is 0 Å². The second-order valence-electron chi connectivity index (χ2n) is 18.0. The minimum Gasteiger partial charge on any atom is -0.462 e. The molecule has 0 aliphatic heterocycles. The Balaban J connectivity index is 1.62. The topological polar surface area (TPSA) is 233 Å². The SMILES string of the molecule is CC(C)OC(=O)C(/C=C/c1ccc(Nc2nc(Nc3ccc(/C=C/C(C(=O)OC(C)C)C(=O)OC(C)C)cc3)nc(Nc3ccc(/C=C/C(C(=O)OC(C)C)C(=O)OC(C)C)cc3)n2)cc1)C(=O)OC(C)C. The fourth-order valence-corrected chi connectivity index (χ4v) is 6.18. The third-order valence-electron chi connectivity index (χ3n) is 9.21. The number of benzene rings is 3. The van der Waals surface area contributed by atoms with Gasteiger partial charge in [-0.05, 0) is 136 Å². The molecule has 0 unspecified atom stereocenters. The van der Waals surface area contributed by atoms with Crippen LogP contribution in [-0.2, 0) is 57.2 Å². The summed E-state index contributed by atoms with van der Waals surface area (Å²) in [6.45, 7) is 20.4. The smallest absolute Gasteiger partial charge is 0.324 e. The van der Waals surface area contributed by atoms with Crippen LogP contribution >= 0.6 is 0 Å². The number of nitrogens with one attached hydrogen (secondary N) is 3. The zero-order chi connectivity index (χ0) is 53.1. The van der Waals surface area contributed by atoms with E-state index in [2.05, 4.69) is 30.9 Å². The van der Waals surface area contributed by atoms with E-state index in [-0.39, 0.29) is 17.8 Å². The Morgan fingerprint density at radius 2 is 0.514 bits per heavy atom. The number of carbonyl (C=O) groups is 6. The third-order valence-corrected chi connectivity index (χ3v) is 9.21. The molecule has 18 heteroatoms. The fourth-order valence-electron chi connectivity index (χ4n) is 6.18. The molecule has 0 aliphatic rings. The van der Waals surface area contributed by atoms with Gasteiger partial charge in [0.25, 0.3) is 0 Å². The highest BCUT2D eigenvalue weighted by atomic mass is 16.6. The highest BCUT2D eigenvalue weighted by molar-refractivity contribution is 5.99. The number of hydrogen-bond acceptors (Lipinski definition) is 18. The zero-order valence-electron chi connectivity index (χ0n) is 42.8. The van der Waals surface area contributed by atoms with E-state index >= 15 is 0 Å². The normalized spacial score (nSPS) is 11.8. The first-order chi connectivity index (χ1) is 34.0. The van der Waals surface area contributed by atoms with Crippen LogP contribution in [0, 0.1) is 17.8 Å². The van der Waals surface area contributed by atoms with E-state index in [4.69, 9.17) is 28.4 Å². The van der Waals surface area contributed by atoms with E-state index < -0.39 is 90.2 Å². The molecule has 4 rings (SSSR count). The van der Waals surface area contributed by atoms with E-state index in [1.54, 1.807) is 174 Å². The van der Waals surface area contributed by atoms with Gasteiger partial charge >= 0.3 is 35.8 Å². The molecule has 0 aliphatic carbocycles. The maximum Gasteiger partial charge on any atom is 0.324 e. The average molecular weight is 991 g/mol. The second kappa shape index (κ2) is 27.5. The lowest BCUT2D eigenvalue weighted by molar-refractivity contribution is -0.165. The Kier molecular flexibility index (Phi) is 21.6. The van der Waals surface area contributed by atoms with Crippen molar-refractivity contribution in [2.24, 2.45) is 17.8 Å². The van der Waals surface area contributed by atoms with Crippen LogP contribution in [-0.4, -0.2) is 87.4 Å². The number of anilines is 6. The Morgan fingerprint density at radius 3 is 0.681 bits per heavy atom. The van der Waals surface area contributed by atoms with Crippen molar-refractivity contribution in [3.05, 3.63) is 108 Å². The molecule has 0 radical (unpaired) electrons. The zero-order valence-corrected chi connectivity index (χ0v) is 42.8. The van der Waals surface area contributed by atoms with Gasteiger partial charge in [-0.25, -0.2) is 0 Å². The van der Waals surface area contributed by atoms with Gasteiger partial charge < -0.3 is 44.4 Å². The fraction of sp³-hybridized carbons (Fsp3) is 0.389. The summed E-state index contributed by atoms with van der Waals surface area (Å²) < 4.78 is 31.8. The average Bonchev–Trinajstić information content (AvgIpc) is 3.26. The summed E-state index contributed by atoms with van der Waals surface area (Å²) >= 11 is 0. The highest BCUT2D eigenvalue weighted by Crippen LogP contribution is 2.24. The summed E-state index contributed by atoms with van der Waals surface area (Å²) in [6.07, 6.45) is 6.69. The van der Waals surface area contributed by atoms with Crippen LogP contribution in [0.25, 0.3) is 18.2 Å². The molecule has 18 nitrogen and oxygen atoms in total. The van der Waals surface area contributed by atoms with Gasteiger partial charge in [0.2, 0.25) is 17.8 Å². The van der Waals surface area contributed by atoms with Crippen LogP contribution in [0.1, 0.15) is 99.8 Å². The molecule has 1 heterocycles. The lowest BCUT2D eigenvalue weighted by Crippen LogP contribution is -2.29. The standard InChI is InChI=1S/C54H66N6O12/c1-31(2)67-46(61)43(47(62)68-32(3)4)28-19-37-13-22-40(23-14-37)55-52-58-53(56-41-24-15-38(16-25-41)20-29-44(48(63)69-33(5)6)49(64)70-34(7)8)60-54(59-52)57-42-26-17-39(18-27-42)21-30-45(50(65)71-35(9)10)51(66)72-36(11)12/h13-36,43-45H,1-12H3,(H3,55,56,57,58,59,60)/b28-19+,29-20+,30-21+. The van der Waals surface area contributed by atoms with Crippen LogP contribution in [0.4, 0.5) is 34.9 Å². The van der Waals surface area contributed by atoms with Crippen LogP contribution in [0.5, 0.6) is 0 Å². The predicted octanol–water partition coefficient (Wildman–Crippen LogP) is 9.70. The summed E-state index contributed by atoms with van der Waals surface area (Å²) in [5.41, 5.74) is 3.83. The Labute approximate surface area is 421 Å². The largest absolute Gasteiger partial charge is 0.462 e. The van der Waals surface area contributed by atoms with Crippen molar-refractivity contribution in [2.75, 3.05) is 16.0 Å². The van der Waals surface area contributed by atoms with Gasteiger partial charge in [0.1, 0.15) is 0 Å². The van der Waals surface area contributed by atoms with Crippen molar-refractivity contribution < 1.29 is 57.2 Å². The molecule has 0 fully saturated rings. The third kappa shape index (κ3) is 19.5. The molecule has 0 saturated heterocycles. The number of ether oxygens (including phenoxy) is 6. The minimum absolute atomic E-state index is 0.158. The molecule has 3 aromatic carbocycles. The molecule has 384 valence electrons. The Hall–Kier alpha value is -7.89. The summed E-state index contributed by atoms with van der Waals surface area (Å²) in [5, 5.41) is 9.60. The maximum absolute atomic E-state index is 12.8. The molecule has 4 aromatic rings. The van der Waals surface area contributed by atoms with E-state index in [0.717, 1.165) is 0 Å². The summed E-state index contributed by atoms with van der Waals surface area (Å²) in [7, 11) is 0. The lowest BCUT2D eigenvalue weighted by Gasteiger charge is -2.16. The molecule has 0 atom stereocenters. The van der Waals surface area contributed by atoms with E-state index in [0.29, 0.717) is 33.8 Å². The predicted molar refractivity (Wildman–Crippen MR) is 274 cm³/mol. The van der Waals surface area contributed by atoms with Gasteiger partial charge in [-0.1, -0.05) is 72.9 Å². The quantitative estimate of drug-likeness (QED) is 0.0337. The number of carbonyl (C=O) groups excluding carboxylic acids is 6. The van der Waals surface area contributed by atoms with Gasteiger partial charge in [-0.3, -0.25) is 28.8 Å². The molecule has 0 bridgehead atoms. The monoisotopic (exact) mass is 990 g/mol. The molecule has 0 saturated carbocycles. The van der Waals surface area contributed by atoms with Crippen molar-refractivity contribution in [1.29, 1.82) is 0 Å². The second-order valence-corrected chi connectivity index (χ2v) is 18.0. The van der Waals surface area contributed by atoms with E-state index in [1.165, 1.54) is 18.2 Å². The summed E-state index contributed by atoms with van der Waals surface area (Å²) in [6, 6.07) is 21.2. The minimum atomic E-state index is -1.25. The number of rotatable bonds is 24. The van der Waals surface area contributed by atoms with Gasteiger partial charge in [0, 0.05) is 17.1 Å². The van der Waals surface area contributed by atoms with Crippen LogP contribution in [0.3, 0.4) is 0 Å². The first kappa shape index (κ1) is 56.7. The number of esters is 6. The molecular formula is C54H66N6O12. The van der Waals surface area contributed by atoms with E-state index in [9.17, 15) is 28.8 Å². The molecular weight excluding hydrogens is 925 g/mol. The Bertz CT molecular complexity index is 2190. The number of hydrogen-bond donors (Lipinski definition) is 3. The van der Waals surface area contributed by atoms with Crippen LogP contribution in [0.15, 0.2) is 91.0 Å². The van der Waals surface area contributed by atoms with Crippen LogP contribution in [0.2, 0.25) is 0 Å². The first-order valence-corrected chi connectivity index (χ1v) is 23.7. The first-order valence-electron chi connectivity index (χ1n) is 23.7. The highest BCUT2D eigenvalue weighted by Gasteiger charge is 2.31. The lowest BCUT2D eigenvalue weighted by atomic mass is 10.1. The number of aromatic nitrogens is 3. The van der Waals surface area contributed by atoms with Crippen molar-refractivity contribution in [2.45, 2.75) is 120 Å². The van der Waals surface area contributed by atoms with Gasteiger partial charge in [0.05, 0.1) is 36.6 Å². The van der Waals surface area contributed by atoms with Crippen molar-refractivity contribution >= 4 is 89.0 Å². The van der Waals surface area contributed by atoms with Gasteiger partial charge in [0.15, 0.2) is 17.8 Å².